The quantitative estimate of drug-likeness (QED) is 0.730. The Morgan fingerprint density at radius 1 is 1.12 bits per heavy atom. The molecular formula is C11H27N3SSn. The van der Waals surface area contributed by atoms with Crippen molar-refractivity contribution in [1.82, 2.24) is 11.6 Å². The van der Waals surface area contributed by atoms with Crippen molar-refractivity contribution in [3.05, 3.63) is 0 Å². The first-order valence-corrected chi connectivity index (χ1v) is 15.1. The number of rotatable bonds is 6. The fraction of sp³-hybridized carbons (Fsp3) is 1.00. The van der Waals surface area contributed by atoms with Gasteiger partial charge in [0.2, 0.25) is 0 Å². The number of nitrogens with one attached hydrogen (secondary N) is 1. The van der Waals surface area contributed by atoms with Crippen molar-refractivity contribution < 1.29 is 0 Å². The molecule has 0 heterocycles. The third-order valence-electron chi connectivity index (χ3n) is 3.46. The standard InChI is InChI=1S/C5H10S.3C2H6N.Sn/c6-5-3-1-2-4-5;3*1-3-2;/h5-6H,1-4H2;2*1-2H3;3H,1H2,2H3;/q;2*-1;;+3/p-1. The average Bonchev–Trinajstić information content (AvgIpc) is 2.68. The summed E-state index contributed by atoms with van der Waals surface area (Å²) < 4.78 is 6.30. The second-order valence-electron chi connectivity index (χ2n) is 5.09. The second-order valence-corrected chi connectivity index (χ2v) is 22.7. The van der Waals surface area contributed by atoms with Crippen molar-refractivity contribution in [1.29, 1.82) is 0 Å². The first kappa shape index (κ1) is 15.1. The van der Waals surface area contributed by atoms with Crippen LogP contribution in [0.4, 0.5) is 0 Å². The van der Waals surface area contributed by atoms with Crippen LogP contribution in [-0.2, 0) is 0 Å². The van der Waals surface area contributed by atoms with Gasteiger partial charge in [0, 0.05) is 0 Å². The van der Waals surface area contributed by atoms with Crippen LogP contribution in [-0.4, -0.2) is 68.8 Å². The van der Waals surface area contributed by atoms with Gasteiger partial charge in [-0.15, -0.1) is 0 Å². The van der Waals surface area contributed by atoms with Gasteiger partial charge in [0.25, 0.3) is 0 Å². The topological polar surface area (TPSA) is 18.5 Å². The van der Waals surface area contributed by atoms with Crippen LogP contribution < -0.4 is 5.32 Å². The Labute approximate surface area is 108 Å². The predicted octanol–water partition coefficient (Wildman–Crippen LogP) is 1.48. The van der Waals surface area contributed by atoms with Gasteiger partial charge in [-0.1, -0.05) is 0 Å². The summed E-state index contributed by atoms with van der Waals surface area (Å²) in [6.07, 6.45) is 5.77. The maximum absolute atomic E-state index is 3.43. The van der Waals surface area contributed by atoms with E-state index in [-0.39, 0.29) is 0 Å². The van der Waals surface area contributed by atoms with Crippen LogP contribution in [0, 0.1) is 0 Å². The first-order chi connectivity index (χ1) is 7.53. The second kappa shape index (κ2) is 6.83. The van der Waals surface area contributed by atoms with Crippen molar-refractivity contribution in [2.45, 2.75) is 30.9 Å². The van der Waals surface area contributed by atoms with Gasteiger partial charge in [0.15, 0.2) is 0 Å². The van der Waals surface area contributed by atoms with Crippen LogP contribution in [0.2, 0.25) is 0 Å². The van der Waals surface area contributed by atoms with Crippen LogP contribution in [0.25, 0.3) is 0 Å². The first-order valence-electron chi connectivity index (χ1n) is 6.20. The zero-order valence-electron chi connectivity index (χ0n) is 11.4. The predicted molar refractivity (Wildman–Crippen MR) is 76.9 cm³/mol. The molecule has 1 N–H and O–H groups in total. The Bertz CT molecular complexity index is 197. The molecule has 1 fully saturated rings. The van der Waals surface area contributed by atoms with E-state index < -0.39 is 17.5 Å². The minimum atomic E-state index is -2.38. The molecule has 16 heavy (non-hydrogen) atoms. The van der Waals surface area contributed by atoms with Crippen molar-refractivity contribution in [2.24, 2.45) is 0 Å². The van der Waals surface area contributed by atoms with Gasteiger partial charge >= 0.3 is 109 Å². The number of hydrogen-bond acceptors (Lipinski definition) is 4. The van der Waals surface area contributed by atoms with Gasteiger partial charge in [-0.05, 0) is 0 Å². The van der Waals surface area contributed by atoms with Crippen LogP contribution in [0.3, 0.4) is 0 Å². The summed E-state index contributed by atoms with van der Waals surface area (Å²) in [7, 11) is 13.5. The van der Waals surface area contributed by atoms with E-state index in [1.807, 2.05) is 0 Å². The van der Waals surface area contributed by atoms with E-state index in [2.05, 4.69) is 55.7 Å². The molecule has 0 aromatic heterocycles. The van der Waals surface area contributed by atoms with Crippen molar-refractivity contribution in [3.63, 3.8) is 0 Å². The molecule has 0 bridgehead atoms. The molecule has 0 aliphatic heterocycles. The van der Waals surface area contributed by atoms with Gasteiger partial charge in [-0.3, -0.25) is 0 Å². The van der Waals surface area contributed by atoms with Crippen molar-refractivity contribution >= 4 is 26.5 Å². The van der Waals surface area contributed by atoms with E-state index in [9.17, 15) is 0 Å². The van der Waals surface area contributed by atoms with E-state index in [0.29, 0.717) is 0 Å². The molecule has 96 valence electrons. The van der Waals surface area contributed by atoms with Crippen LogP contribution in [0.15, 0.2) is 0 Å². The molecule has 0 spiro atoms. The number of hydrogen-bond donors (Lipinski definition) is 1. The van der Waals surface area contributed by atoms with Crippen LogP contribution >= 0.6 is 8.95 Å². The van der Waals surface area contributed by atoms with E-state index >= 15 is 0 Å². The normalized spacial score (nSPS) is 18.9. The fourth-order valence-electron chi connectivity index (χ4n) is 2.47. The summed E-state index contributed by atoms with van der Waals surface area (Å²) in [5, 5.41) is 4.36. The van der Waals surface area contributed by atoms with E-state index in [1.54, 1.807) is 0 Å². The van der Waals surface area contributed by atoms with Crippen molar-refractivity contribution in [3.8, 4) is 0 Å². The summed E-state index contributed by atoms with van der Waals surface area (Å²) in [6.45, 7) is 0. The molecule has 0 radical (unpaired) electrons. The van der Waals surface area contributed by atoms with Gasteiger partial charge in [0.1, 0.15) is 0 Å². The molecule has 0 unspecified atom stereocenters. The molecule has 0 amide bonds. The monoisotopic (exact) mass is 353 g/mol. The van der Waals surface area contributed by atoms with Gasteiger partial charge in [-0.2, -0.15) is 0 Å². The summed E-state index contributed by atoms with van der Waals surface area (Å²) in [4.78, 5) is 0. The summed E-state index contributed by atoms with van der Waals surface area (Å²) in [5.74, 6) is 0. The van der Waals surface area contributed by atoms with Crippen molar-refractivity contribution in [2.75, 3.05) is 39.8 Å². The molecule has 1 rings (SSSR count). The molecule has 1 saturated carbocycles. The molecule has 1 aliphatic rings. The molecule has 1 aliphatic carbocycles. The van der Waals surface area contributed by atoms with Gasteiger partial charge < -0.3 is 0 Å². The Hall–Kier alpha value is 1.03. The Morgan fingerprint density at radius 2 is 1.62 bits per heavy atom. The zero-order valence-corrected chi connectivity index (χ0v) is 15.1. The van der Waals surface area contributed by atoms with E-state index in [0.717, 1.165) is 5.25 Å². The third-order valence-corrected chi connectivity index (χ3v) is 26.9. The molecule has 3 nitrogen and oxygen atoms in total. The molecule has 0 saturated heterocycles. The summed E-state index contributed by atoms with van der Waals surface area (Å²) in [5.41, 5.74) is 0. The molecule has 0 aromatic rings. The Kier molecular flexibility index (Phi) is 6.44. The molecule has 5 heteroatoms. The Morgan fingerprint density at radius 3 is 2.00 bits per heavy atom. The SMILES string of the molecule is CN[CH2][Sn]([S]C1CCCC1)([N](C)C)[N](C)C. The summed E-state index contributed by atoms with van der Waals surface area (Å²) in [6, 6.07) is 0. The zero-order chi connectivity index (χ0) is 12.2. The maximum atomic E-state index is 3.43. The summed E-state index contributed by atoms with van der Waals surface area (Å²) >= 11 is -2.38. The van der Waals surface area contributed by atoms with Gasteiger partial charge in [-0.25, -0.2) is 0 Å². The van der Waals surface area contributed by atoms with Gasteiger partial charge in [0.05, 0.1) is 0 Å². The average molecular weight is 352 g/mol. The van der Waals surface area contributed by atoms with E-state index in [4.69, 9.17) is 0 Å². The molecule has 0 atom stereocenters. The third kappa shape index (κ3) is 3.51. The molecular weight excluding hydrogens is 325 g/mol. The fourth-order valence-corrected chi connectivity index (χ4v) is 21.4. The number of nitrogens with zero attached hydrogens (tertiary/aromatic N) is 2. The van der Waals surface area contributed by atoms with Crippen LogP contribution in [0.5, 0.6) is 0 Å². The van der Waals surface area contributed by atoms with E-state index in [1.165, 1.54) is 30.2 Å². The Balaban J connectivity index is 2.73. The van der Waals surface area contributed by atoms with Crippen LogP contribution in [0.1, 0.15) is 25.7 Å². The molecule has 0 aromatic carbocycles. The minimum absolute atomic E-state index is 0.925.